The maximum Gasteiger partial charge on any atom is 0.304 e. The Morgan fingerprint density at radius 3 is 2.17 bits per heavy atom. The van der Waals surface area contributed by atoms with E-state index in [1.54, 1.807) is 5.70 Å². The summed E-state index contributed by atoms with van der Waals surface area (Å²) >= 11 is 17.6. The molecule has 0 amide bonds. The van der Waals surface area contributed by atoms with E-state index in [4.69, 9.17) is 33.8 Å². The van der Waals surface area contributed by atoms with E-state index in [-0.39, 0.29) is 0 Å². The fourth-order valence-corrected chi connectivity index (χ4v) is 3.91. The fraction of sp³-hybridized carbons (Fsp3) is 0. The summed E-state index contributed by atoms with van der Waals surface area (Å²) in [5.74, 6) is 0. The van der Waals surface area contributed by atoms with Crippen molar-refractivity contribution in [2.45, 2.75) is 0 Å². The molecule has 0 aliphatic rings. The van der Waals surface area contributed by atoms with Crippen LogP contribution in [0.2, 0.25) is 0 Å². The van der Waals surface area contributed by atoms with E-state index in [1.165, 1.54) is 5.54 Å². The van der Waals surface area contributed by atoms with Gasteiger partial charge < -0.3 is 0 Å². The topological polar surface area (TPSA) is 0 Å². The summed E-state index contributed by atoms with van der Waals surface area (Å²) in [5.41, 5.74) is 3.03. The molecule has 1 aromatic rings. The highest BCUT2D eigenvalue weighted by Crippen LogP contribution is 2.16. The van der Waals surface area contributed by atoms with Crippen molar-refractivity contribution in [3.8, 4) is 0 Å². The van der Waals surface area contributed by atoms with Gasteiger partial charge in [-0.15, -0.1) is 22.2 Å². The smallest absolute Gasteiger partial charge is 0.134 e. The van der Waals surface area contributed by atoms with E-state index in [0.717, 1.165) is 5.19 Å². The van der Waals surface area contributed by atoms with E-state index in [1.807, 2.05) is 30.3 Å². The molecule has 0 unspecified atom stereocenters. The number of hydrogen-bond acceptors (Lipinski definition) is 0. The highest BCUT2D eigenvalue weighted by atomic mass is 35.7. The van der Waals surface area contributed by atoms with Crippen LogP contribution in [0.5, 0.6) is 0 Å². The molecule has 0 bridgehead atoms. The standard InChI is InChI=1S/C8H7Cl3Si/c9-6-7-12(10,11)8-4-2-1-3-5-8/h1-7H. The quantitative estimate of drug-likeness (QED) is 0.548. The van der Waals surface area contributed by atoms with Crippen molar-refractivity contribution in [3.63, 3.8) is 0 Å². The van der Waals surface area contributed by atoms with E-state index in [2.05, 4.69) is 0 Å². The van der Waals surface area contributed by atoms with Crippen molar-refractivity contribution in [2.75, 3.05) is 0 Å². The maximum atomic E-state index is 6.09. The molecule has 0 spiro atoms. The normalized spacial score (nSPS) is 12.2. The minimum Gasteiger partial charge on any atom is -0.134 e. The third kappa shape index (κ3) is 2.52. The second kappa shape index (κ2) is 4.33. The van der Waals surface area contributed by atoms with Crippen molar-refractivity contribution < 1.29 is 0 Å². The van der Waals surface area contributed by atoms with Crippen LogP contribution in [0.3, 0.4) is 0 Å². The lowest BCUT2D eigenvalue weighted by Crippen LogP contribution is -2.34. The van der Waals surface area contributed by atoms with E-state index in [9.17, 15) is 0 Å². The second-order valence-corrected chi connectivity index (χ2v) is 8.85. The Labute approximate surface area is 87.2 Å². The molecule has 0 aromatic heterocycles. The zero-order valence-corrected chi connectivity index (χ0v) is 9.44. The molecule has 0 fully saturated rings. The minimum atomic E-state index is -2.45. The van der Waals surface area contributed by atoms with Gasteiger partial charge in [0.25, 0.3) is 0 Å². The zero-order valence-electron chi connectivity index (χ0n) is 6.18. The van der Waals surface area contributed by atoms with Crippen LogP contribution in [-0.2, 0) is 0 Å². The van der Waals surface area contributed by atoms with Gasteiger partial charge in [-0.1, -0.05) is 47.6 Å². The van der Waals surface area contributed by atoms with Gasteiger partial charge in [-0.3, -0.25) is 0 Å². The Kier molecular flexibility index (Phi) is 3.66. The number of rotatable bonds is 2. The van der Waals surface area contributed by atoms with Gasteiger partial charge in [-0.25, -0.2) is 0 Å². The summed E-state index contributed by atoms with van der Waals surface area (Å²) in [6.45, 7) is -2.45. The second-order valence-electron chi connectivity index (χ2n) is 2.28. The average Bonchev–Trinajstić information content (AvgIpc) is 2.06. The van der Waals surface area contributed by atoms with Gasteiger partial charge in [0.05, 0.1) is 0 Å². The van der Waals surface area contributed by atoms with Crippen molar-refractivity contribution >= 4 is 45.6 Å². The first-order valence-corrected chi connectivity index (χ1v) is 7.92. The third-order valence-electron chi connectivity index (χ3n) is 1.43. The van der Waals surface area contributed by atoms with Gasteiger partial charge in [-0.05, 0) is 10.7 Å². The largest absolute Gasteiger partial charge is 0.304 e. The lowest BCUT2D eigenvalue weighted by Gasteiger charge is -2.10. The molecule has 0 aliphatic heterocycles. The van der Waals surface area contributed by atoms with Crippen LogP contribution in [0.4, 0.5) is 0 Å². The molecule has 0 N–H and O–H groups in total. The Morgan fingerprint density at radius 1 is 1.08 bits per heavy atom. The molecule has 0 aliphatic carbocycles. The van der Waals surface area contributed by atoms with Crippen molar-refractivity contribution in [2.24, 2.45) is 0 Å². The maximum absolute atomic E-state index is 6.09. The van der Waals surface area contributed by atoms with Gasteiger partial charge in [0.1, 0.15) is 0 Å². The van der Waals surface area contributed by atoms with Gasteiger partial charge in [0.15, 0.2) is 0 Å². The molecule has 0 radical (unpaired) electrons. The number of benzene rings is 1. The SMILES string of the molecule is ClC=C[Si](Cl)(Cl)c1ccccc1. The molecular weight excluding hydrogens is 231 g/mol. The molecule has 0 atom stereocenters. The van der Waals surface area contributed by atoms with Gasteiger partial charge in [0, 0.05) is 0 Å². The lowest BCUT2D eigenvalue weighted by atomic mass is 10.4. The minimum absolute atomic E-state index is 0.949. The predicted molar refractivity (Wildman–Crippen MR) is 58.5 cm³/mol. The number of hydrogen-bond donors (Lipinski definition) is 0. The zero-order chi connectivity index (χ0) is 9.03. The van der Waals surface area contributed by atoms with Crippen LogP contribution in [0.25, 0.3) is 0 Å². The highest BCUT2D eigenvalue weighted by molar-refractivity contribution is 7.53. The Bertz CT molecular complexity index is 269. The van der Waals surface area contributed by atoms with E-state index < -0.39 is 6.69 Å². The first-order valence-electron chi connectivity index (χ1n) is 3.38. The van der Waals surface area contributed by atoms with Crippen LogP contribution >= 0.6 is 33.8 Å². The molecule has 1 aromatic carbocycles. The fourth-order valence-electron chi connectivity index (χ4n) is 0.836. The average molecular weight is 238 g/mol. The van der Waals surface area contributed by atoms with Crippen LogP contribution < -0.4 is 5.19 Å². The molecule has 4 heteroatoms. The van der Waals surface area contributed by atoms with Gasteiger partial charge >= 0.3 is 6.69 Å². The molecule has 12 heavy (non-hydrogen) atoms. The molecule has 64 valence electrons. The van der Waals surface area contributed by atoms with Crippen LogP contribution in [0.15, 0.2) is 41.6 Å². The first-order chi connectivity index (χ1) is 5.67. The Morgan fingerprint density at radius 2 is 1.67 bits per heavy atom. The molecule has 0 heterocycles. The van der Waals surface area contributed by atoms with Crippen molar-refractivity contribution in [1.29, 1.82) is 0 Å². The molecule has 0 saturated carbocycles. The summed E-state index contributed by atoms with van der Waals surface area (Å²) in [5, 5.41) is 0.949. The lowest BCUT2D eigenvalue weighted by molar-refractivity contribution is 1.76. The summed E-state index contributed by atoms with van der Waals surface area (Å²) in [4.78, 5) is 0. The Hall–Kier alpha value is 0.0469. The van der Waals surface area contributed by atoms with Crippen LogP contribution in [0.1, 0.15) is 0 Å². The van der Waals surface area contributed by atoms with E-state index >= 15 is 0 Å². The summed E-state index contributed by atoms with van der Waals surface area (Å²) in [6.07, 6.45) is 0. The molecule has 0 nitrogen and oxygen atoms in total. The number of halogens is 3. The van der Waals surface area contributed by atoms with E-state index in [0.29, 0.717) is 0 Å². The highest BCUT2D eigenvalue weighted by Gasteiger charge is 2.26. The van der Waals surface area contributed by atoms with Crippen molar-refractivity contribution in [1.82, 2.24) is 0 Å². The van der Waals surface area contributed by atoms with Crippen LogP contribution in [0, 0.1) is 0 Å². The first kappa shape index (κ1) is 10.1. The molecule has 0 saturated heterocycles. The summed E-state index contributed by atoms with van der Waals surface area (Å²) in [7, 11) is 0. The predicted octanol–water partition coefficient (Wildman–Crippen LogP) is 3.11. The van der Waals surface area contributed by atoms with Gasteiger partial charge in [0.2, 0.25) is 0 Å². The monoisotopic (exact) mass is 236 g/mol. The van der Waals surface area contributed by atoms with Crippen LogP contribution in [-0.4, -0.2) is 6.69 Å². The molecular formula is C8H7Cl3Si. The van der Waals surface area contributed by atoms with Crippen molar-refractivity contribution in [3.05, 3.63) is 41.6 Å². The summed E-state index contributed by atoms with van der Waals surface area (Å²) in [6, 6.07) is 9.55. The van der Waals surface area contributed by atoms with Gasteiger partial charge in [-0.2, -0.15) is 0 Å². The summed E-state index contributed by atoms with van der Waals surface area (Å²) < 4.78 is 0. The Balaban J connectivity index is 2.97. The third-order valence-corrected chi connectivity index (χ3v) is 5.52. The molecule has 1 rings (SSSR count).